The van der Waals surface area contributed by atoms with Crippen LogP contribution in [-0.4, -0.2) is 0 Å². The molecule has 0 aliphatic carbocycles. The van der Waals surface area contributed by atoms with Gasteiger partial charge >= 0.3 is 0 Å². The van der Waals surface area contributed by atoms with Crippen LogP contribution >= 0.6 is 19.3 Å². The van der Waals surface area contributed by atoms with E-state index >= 15 is 0 Å². The zero-order valence-corrected chi connectivity index (χ0v) is 19.7. The number of para-hydroxylation sites is 1. The Hall–Kier alpha value is -3.65. The van der Waals surface area contributed by atoms with Crippen LogP contribution in [0.3, 0.4) is 0 Å². The first-order chi connectivity index (χ1) is 16.8. The largest absolute Gasteiger partial charge is 0.456 e. The highest BCUT2D eigenvalue weighted by molar-refractivity contribution is 7.80. The van der Waals surface area contributed by atoms with E-state index < -0.39 is 7.92 Å². The van der Waals surface area contributed by atoms with Gasteiger partial charge in [-0.1, -0.05) is 60.7 Å². The van der Waals surface area contributed by atoms with Gasteiger partial charge in [0.15, 0.2) is 0 Å². The quantitative estimate of drug-likeness (QED) is 0.228. The predicted molar refractivity (Wildman–Crippen MR) is 144 cm³/mol. The van der Waals surface area contributed by atoms with Crippen molar-refractivity contribution in [1.82, 2.24) is 0 Å². The summed E-state index contributed by atoms with van der Waals surface area (Å²) in [5, 5.41) is 6.33. The molecule has 5 aromatic carbocycles. The van der Waals surface area contributed by atoms with Gasteiger partial charge in [0.05, 0.1) is 5.30 Å². The molecule has 1 atom stereocenters. The zero-order valence-electron chi connectivity index (χ0n) is 18.0. The van der Waals surface area contributed by atoms with Crippen molar-refractivity contribution in [2.75, 3.05) is 0 Å². The highest BCUT2D eigenvalue weighted by Crippen LogP contribution is 2.52. The Morgan fingerprint density at radius 2 is 1.18 bits per heavy atom. The number of rotatable bonds is 1. The van der Waals surface area contributed by atoms with Crippen LogP contribution in [0.2, 0.25) is 0 Å². The zero-order chi connectivity index (χ0) is 22.2. The molecule has 8 rings (SSSR count). The Labute approximate surface area is 201 Å². The molecular weight excluding hydrogens is 455 g/mol. The molecule has 0 saturated carbocycles. The average molecular weight is 473 g/mol. The second-order valence-electron chi connectivity index (χ2n) is 8.60. The Morgan fingerprint density at radius 3 is 2.12 bits per heavy atom. The molecule has 6 aromatic rings. The summed E-state index contributed by atoms with van der Waals surface area (Å²) in [6.45, 7) is 0. The van der Waals surface area contributed by atoms with Crippen molar-refractivity contribution in [2.45, 2.75) is 0 Å². The lowest BCUT2D eigenvalue weighted by molar-refractivity contribution is 0.466. The third-order valence-corrected chi connectivity index (χ3v) is 10.4. The van der Waals surface area contributed by atoms with Gasteiger partial charge in [0.25, 0.3) is 0 Å². The SMILES string of the molecule is c1ccc2c(c1)Oc1cccc3c1P2c1ccc(-c2ccc4c(c2)sc2ccccc24)cc1O3. The maximum atomic E-state index is 6.48. The van der Waals surface area contributed by atoms with Crippen LogP contribution in [0.5, 0.6) is 23.0 Å². The van der Waals surface area contributed by atoms with E-state index in [1.807, 2.05) is 29.5 Å². The van der Waals surface area contributed by atoms with Gasteiger partial charge in [-0.15, -0.1) is 11.3 Å². The van der Waals surface area contributed by atoms with Gasteiger partial charge in [-0.2, -0.15) is 0 Å². The first kappa shape index (κ1) is 18.7. The molecule has 0 amide bonds. The molecule has 0 spiro atoms. The number of ether oxygens (including phenoxy) is 2. The van der Waals surface area contributed by atoms with E-state index in [1.165, 1.54) is 47.2 Å². The summed E-state index contributed by atoms with van der Waals surface area (Å²) in [5.41, 5.74) is 2.39. The number of hydrogen-bond donors (Lipinski definition) is 0. The first-order valence-electron chi connectivity index (χ1n) is 11.3. The smallest absolute Gasteiger partial charge is 0.139 e. The van der Waals surface area contributed by atoms with Crippen LogP contribution in [0.15, 0.2) is 103 Å². The third-order valence-electron chi connectivity index (χ3n) is 6.64. The van der Waals surface area contributed by atoms with Gasteiger partial charge in [0, 0.05) is 38.7 Å². The van der Waals surface area contributed by atoms with E-state index in [2.05, 4.69) is 84.9 Å². The van der Waals surface area contributed by atoms with Crippen LogP contribution in [0.4, 0.5) is 0 Å². The molecule has 1 aromatic heterocycles. The van der Waals surface area contributed by atoms with Crippen LogP contribution in [-0.2, 0) is 0 Å². The average Bonchev–Trinajstić information content (AvgIpc) is 3.26. The van der Waals surface area contributed by atoms with Crippen molar-refractivity contribution in [3.05, 3.63) is 103 Å². The second kappa shape index (κ2) is 6.93. The van der Waals surface area contributed by atoms with E-state index in [1.54, 1.807) is 0 Å². The molecule has 2 aliphatic heterocycles. The fourth-order valence-corrected chi connectivity index (χ4v) is 8.79. The summed E-state index contributed by atoms with van der Waals surface area (Å²) in [5.74, 6) is 3.71. The molecule has 3 heterocycles. The summed E-state index contributed by atoms with van der Waals surface area (Å²) in [6, 6.07) is 36.7. The lowest BCUT2D eigenvalue weighted by Gasteiger charge is -2.34. The molecule has 0 radical (unpaired) electrons. The van der Waals surface area contributed by atoms with Gasteiger partial charge < -0.3 is 9.47 Å². The van der Waals surface area contributed by atoms with E-state index in [-0.39, 0.29) is 0 Å². The van der Waals surface area contributed by atoms with Crippen molar-refractivity contribution in [1.29, 1.82) is 0 Å². The predicted octanol–water partition coefficient (Wildman–Crippen LogP) is 7.69. The Kier molecular flexibility index (Phi) is 3.82. The van der Waals surface area contributed by atoms with E-state index in [4.69, 9.17) is 9.47 Å². The minimum Gasteiger partial charge on any atom is -0.456 e. The number of thiophene rings is 1. The summed E-state index contributed by atoms with van der Waals surface area (Å²) < 4.78 is 15.4. The molecule has 0 fully saturated rings. The van der Waals surface area contributed by atoms with Crippen molar-refractivity contribution in [2.24, 2.45) is 0 Å². The van der Waals surface area contributed by atoms with Crippen LogP contribution < -0.4 is 25.4 Å². The van der Waals surface area contributed by atoms with Crippen molar-refractivity contribution in [3.8, 4) is 34.1 Å². The molecule has 0 saturated heterocycles. The highest BCUT2D eigenvalue weighted by atomic mass is 32.1. The van der Waals surface area contributed by atoms with Gasteiger partial charge in [-0.3, -0.25) is 0 Å². The van der Waals surface area contributed by atoms with Gasteiger partial charge in [0.2, 0.25) is 0 Å². The molecule has 2 aliphatic rings. The van der Waals surface area contributed by atoms with E-state index in [0.29, 0.717) is 0 Å². The molecule has 160 valence electrons. The van der Waals surface area contributed by atoms with E-state index in [9.17, 15) is 0 Å². The second-order valence-corrected chi connectivity index (χ2v) is 11.8. The molecule has 2 nitrogen and oxygen atoms in total. The topological polar surface area (TPSA) is 18.5 Å². The van der Waals surface area contributed by atoms with Crippen molar-refractivity contribution in [3.63, 3.8) is 0 Å². The van der Waals surface area contributed by atoms with Crippen molar-refractivity contribution >= 4 is 55.3 Å². The third kappa shape index (κ3) is 2.60. The lowest BCUT2D eigenvalue weighted by Crippen LogP contribution is -2.31. The lowest BCUT2D eigenvalue weighted by atomic mass is 10.0. The Balaban J connectivity index is 1.29. The fourth-order valence-electron chi connectivity index (χ4n) is 5.09. The van der Waals surface area contributed by atoms with Crippen LogP contribution in [0.1, 0.15) is 0 Å². The molecule has 0 N–H and O–H groups in total. The van der Waals surface area contributed by atoms with E-state index in [0.717, 1.165) is 23.0 Å². The Bertz CT molecular complexity index is 1780. The summed E-state index contributed by atoms with van der Waals surface area (Å²) in [6.07, 6.45) is 0. The minimum absolute atomic E-state index is 0.722. The van der Waals surface area contributed by atoms with Crippen molar-refractivity contribution < 1.29 is 9.47 Å². The first-order valence-corrected chi connectivity index (χ1v) is 13.4. The number of benzene rings is 5. The molecule has 1 unspecified atom stereocenters. The maximum absolute atomic E-state index is 6.48. The van der Waals surface area contributed by atoms with Gasteiger partial charge in [-0.05, 0) is 53.6 Å². The molecular formula is C30H17O2PS. The van der Waals surface area contributed by atoms with Gasteiger partial charge in [-0.25, -0.2) is 0 Å². The minimum atomic E-state index is -0.722. The molecule has 4 heteroatoms. The summed E-state index contributed by atoms with van der Waals surface area (Å²) >= 11 is 1.85. The molecule has 34 heavy (non-hydrogen) atoms. The summed E-state index contributed by atoms with van der Waals surface area (Å²) in [7, 11) is -0.722. The normalized spacial score (nSPS) is 15.2. The monoisotopic (exact) mass is 472 g/mol. The van der Waals surface area contributed by atoms with Gasteiger partial charge in [0.1, 0.15) is 23.0 Å². The van der Waals surface area contributed by atoms with Crippen LogP contribution in [0.25, 0.3) is 31.3 Å². The fraction of sp³-hybridized carbons (Fsp3) is 0. The standard InChI is InChI=1S/C30H17O2PS/c1-4-11-28-20(6-1)21-14-12-19(17-29(21)34-28)18-13-15-27-25(16-18)32-24-9-5-8-23-30(24)33(27)26-10-3-2-7-22(26)31-23/h1-17H. The maximum Gasteiger partial charge on any atom is 0.139 e. The molecule has 0 bridgehead atoms. The van der Waals surface area contributed by atoms with Crippen LogP contribution in [0, 0.1) is 0 Å². The summed E-state index contributed by atoms with van der Waals surface area (Å²) in [4.78, 5) is 0. The Morgan fingerprint density at radius 1 is 0.500 bits per heavy atom. The highest BCUT2D eigenvalue weighted by Gasteiger charge is 2.36. The number of hydrogen-bond acceptors (Lipinski definition) is 3. The number of fused-ring (bicyclic) bond motifs is 7.